The van der Waals surface area contributed by atoms with Crippen LogP contribution < -0.4 is 10.8 Å². The van der Waals surface area contributed by atoms with Crippen LogP contribution in [-0.2, 0) is 0 Å². The monoisotopic (exact) mass is 347 g/mol. The number of aryl methyl sites for hydroxylation is 2. The van der Waals surface area contributed by atoms with Gasteiger partial charge in [-0.15, -0.1) is 0 Å². The minimum Gasteiger partial charge on any atom is -0.325 e. The Morgan fingerprint density at radius 1 is 1.12 bits per heavy atom. The second kappa shape index (κ2) is 7.16. The number of hydrogen-bond acceptors (Lipinski definition) is 4. The van der Waals surface area contributed by atoms with Crippen molar-refractivity contribution in [1.29, 1.82) is 10.7 Å². The van der Waals surface area contributed by atoms with Crippen LogP contribution in [0.2, 0.25) is 0 Å². The van der Waals surface area contributed by atoms with E-state index >= 15 is 0 Å². The maximum atomic E-state index is 8.92. The highest BCUT2D eigenvalue weighted by Gasteiger charge is 2.08. The lowest BCUT2D eigenvalue weighted by molar-refractivity contribution is 1.07. The third-order valence-corrected chi connectivity index (χ3v) is 4.48. The first-order valence-corrected chi connectivity index (χ1v) is 8.50. The molecule has 0 bridgehead atoms. The minimum atomic E-state index is 0.370. The number of nitriles is 1. The fraction of sp³-hybridized carbons (Fsp3) is 0.105. The molecule has 0 radical (unpaired) electrons. The van der Waals surface area contributed by atoms with Crippen LogP contribution in [0, 0.1) is 30.6 Å². The van der Waals surface area contributed by atoms with Crippen LogP contribution in [0.1, 0.15) is 16.0 Å². The van der Waals surface area contributed by atoms with Gasteiger partial charge in [0.05, 0.1) is 17.3 Å². The quantitative estimate of drug-likeness (QED) is 0.539. The molecule has 0 aliphatic rings. The van der Waals surface area contributed by atoms with Gasteiger partial charge < -0.3 is 5.32 Å². The van der Waals surface area contributed by atoms with E-state index in [2.05, 4.69) is 16.4 Å². The Balaban J connectivity index is 2.02. The third-order valence-electron chi connectivity index (χ3n) is 3.53. The van der Waals surface area contributed by atoms with Gasteiger partial charge in [0, 0.05) is 10.6 Å². The molecule has 3 aromatic rings. The third kappa shape index (κ3) is 4.03. The van der Waals surface area contributed by atoms with Gasteiger partial charge in [-0.25, -0.2) is 8.95 Å². The smallest absolute Gasteiger partial charge is 0.223 e. The molecule has 2 aromatic carbocycles. The van der Waals surface area contributed by atoms with Crippen LogP contribution >= 0.6 is 11.5 Å². The predicted molar refractivity (Wildman–Crippen MR) is 101 cm³/mol. The zero-order valence-electron chi connectivity index (χ0n) is 13.9. The summed E-state index contributed by atoms with van der Waals surface area (Å²) >= 11 is 1.46. The van der Waals surface area contributed by atoms with Gasteiger partial charge in [0.1, 0.15) is 5.49 Å². The molecule has 0 fully saturated rings. The normalized spacial score (nSPS) is 11.2. The minimum absolute atomic E-state index is 0.370. The maximum absolute atomic E-state index is 8.92. The zero-order chi connectivity index (χ0) is 17.8. The zero-order valence-corrected chi connectivity index (χ0v) is 14.8. The average molecular weight is 347 g/mol. The molecule has 0 saturated carbocycles. The number of anilines is 1. The molecule has 25 heavy (non-hydrogen) atoms. The van der Waals surface area contributed by atoms with Crippen LogP contribution in [0.25, 0.3) is 0 Å². The van der Waals surface area contributed by atoms with Gasteiger partial charge in [0.2, 0.25) is 5.96 Å². The summed E-state index contributed by atoms with van der Waals surface area (Å²) in [6.07, 6.45) is 0. The fourth-order valence-corrected chi connectivity index (χ4v) is 3.03. The number of rotatable bonds is 2. The highest BCUT2D eigenvalue weighted by molar-refractivity contribution is 7.07. The highest BCUT2D eigenvalue weighted by Crippen LogP contribution is 2.16. The lowest BCUT2D eigenvalue weighted by Crippen LogP contribution is -2.28. The van der Waals surface area contributed by atoms with Crippen molar-refractivity contribution < 1.29 is 0 Å². The van der Waals surface area contributed by atoms with Crippen molar-refractivity contribution in [3.05, 3.63) is 76.1 Å². The molecule has 124 valence electrons. The molecule has 0 aliphatic carbocycles. The van der Waals surface area contributed by atoms with E-state index in [1.807, 2.05) is 50.2 Å². The SMILES string of the molecule is Cc1ccc(N=C(Nc2ccc(C#N)cc2)n2sc(C)cc2=N)cc1. The van der Waals surface area contributed by atoms with Crippen LogP contribution in [-0.4, -0.2) is 9.92 Å². The molecule has 0 atom stereocenters. The Kier molecular flexibility index (Phi) is 4.78. The highest BCUT2D eigenvalue weighted by atomic mass is 32.1. The Hall–Kier alpha value is -3.17. The van der Waals surface area contributed by atoms with Gasteiger partial charge in [0.25, 0.3) is 0 Å². The van der Waals surface area contributed by atoms with Gasteiger partial charge in [-0.05, 0) is 56.3 Å². The fourth-order valence-electron chi connectivity index (χ4n) is 2.25. The molecule has 0 aliphatic heterocycles. The molecular weight excluding hydrogens is 330 g/mol. The van der Waals surface area contributed by atoms with Crippen LogP contribution in [0.3, 0.4) is 0 Å². The van der Waals surface area contributed by atoms with Crippen molar-refractivity contribution in [2.75, 3.05) is 5.32 Å². The molecule has 1 heterocycles. The average Bonchev–Trinajstić information content (AvgIpc) is 2.95. The lowest BCUT2D eigenvalue weighted by atomic mass is 10.2. The first-order valence-electron chi connectivity index (χ1n) is 7.72. The number of aliphatic imine (C=N–C) groups is 1. The van der Waals surface area contributed by atoms with E-state index in [4.69, 9.17) is 10.7 Å². The van der Waals surface area contributed by atoms with Crippen molar-refractivity contribution in [1.82, 2.24) is 3.96 Å². The standard InChI is InChI=1S/C19H17N5S/c1-13-3-7-16(8-4-13)22-19(24-18(21)11-14(2)25-24)23-17-9-5-15(12-20)6-10-17/h3-11,21H,1-2H3,(H,22,23). The summed E-state index contributed by atoms with van der Waals surface area (Å²) in [5, 5.41) is 20.3. The number of hydrogen-bond donors (Lipinski definition) is 2. The molecule has 0 saturated heterocycles. The Bertz CT molecular complexity index is 1000. The van der Waals surface area contributed by atoms with E-state index in [1.54, 1.807) is 22.2 Å². The van der Waals surface area contributed by atoms with Crippen molar-refractivity contribution in [2.24, 2.45) is 4.99 Å². The van der Waals surface area contributed by atoms with Crippen molar-refractivity contribution in [3.63, 3.8) is 0 Å². The molecular formula is C19H17N5S. The summed E-state index contributed by atoms with van der Waals surface area (Å²) < 4.78 is 1.74. The molecule has 0 spiro atoms. The Morgan fingerprint density at radius 2 is 1.80 bits per heavy atom. The second-order valence-electron chi connectivity index (χ2n) is 5.61. The van der Waals surface area contributed by atoms with Crippen LogP contribution in [0.5, 0.6) is 0 Å². The van der Waals surface area contributed by atoms with E-state index in [9.17, 15) is 0 Å². The molecule has 0 amide bonds. The molecule has 2 N–H and O–H groups in total. The number of benzene rings is 2. The summed E-state index contributed by atoms with van der Waals surface area (Å²) in [5.74, 6) is 0.552. The van der Waals surface area contributed by atoms with Crippen LogP contribution in [0.4, 0.5) is 11.4 Å². The first kappa shape index (κ1) is 16.7. The molecule has 0 unspecified atom stereocenters. The van der Waals surface area contributed by atoms with Gasteiger partial charge in [-0.3, -0.25) is 5.41 Å². The largest absolute Gasteiger partial charge is 0.325 e. The summed E-state index contributed by atoms with van der Waals surface area (Å²) in [6, 6.07) is 19.0. The Morgan fingerprint density at radius 3 is 2.36 bits per heavy atom. The van der Waals surface area contributed by atoms with E-state index in [0.717, 1.165) is 16.3 Å². The van der Waals surface area contributed by atoms with E-state index in [1.165, 1.54) is 17.1 Å². The lowest BCUT2D eigenvalue weighted by Gasteiger charge is -2.10. The summed E-state index contributed by atoms with van der Waals surface area (Å²) in [6.45, 7) is 3.99. The Labute approximate surface area is 150 Å². The van der Waals surface area contributed by atoms with Gasteiger partial charge in [-0.1, -0.05) is 29.2 Å². The van der Waals surface area contributed by atoms with E-state index in [0.29, 0.717) is 17.0 Å². The molecule has 1 aromatic heterocycles. The van der Waals surface area contributed by atoms with Crippen molar-refractivity contribution >= 4 is 28.9 Å². The van der Waals surface area contributed by atoms with E-state index < -0.39 is 0 Å². The number of nitrogens with zero attached hydrogens (tertiary/aromatic N) is 3. The molecule has 6 heteroatoms. The maximum Gasteiger partial charge on any atom is 0.223 e. The summed E-state index contributed by atoms with van der Waals surface area (Å²) in [7, 11) is 0. The number of nitrogens with one attached hydrogen (secondary N) is 2. The molecule has 5 nitrogen and oxygen atoms in total. The van der Waals surface area contributed by atoms with Gasteiger partial charge in [0.15, 0.2) is 0 Å². The predicted octanol–water partition coefficient (Wildman–Crippen LogP) is 4.17. The van der Waals surface area contributed by atoms with Gasteiger partial charge in [-0.2, -0.15) is 5.26 Å². The summed E-state index contributed by atoms with van der Waals surface area (Å²) in [5.41, 5.74) is 3.75. The van der Waals surface area contributed by atoms with Crippen molar-refractivity contribution in [2.45, 2.75) is 13.8 Å². The first-order chi connectivity index (χ1) is 12.0. The second-order valence-corrected chi connectivity index (χ2v) is 6.80. The summed E-state index contributed by atoms with van der Waals surface area (Å²) in [4.78, 5) is 5.71. The molecule has 3 rings (SSSR count). The van der Waals surface area contributed by atoms with Gasteiger partial charge >= 0.3 is 0 Å². The topological polar surface area (TPSA) is 77.0 Å². The van der Waals surface area contributed by atoms with E-state index in [-0.39, 0.29) is 0 Å². The number of aromatic nitrogens is 1. The van der Waals surface area contributed by atoms with Crippen LogP contribution in [0.15, 0.2) is 59.6 Å². The van der Waals surface area contributed by atoms with Crippen molar-refractivity contribution in [3.8, 4) is 6.07 Å².